The Hall–Kier alpha value is -2.59. The summed E-state index contributed by atoms with van der Waals surface area (Å²) in [6, 6.07) is 14.8. The van der Waals surface area contributed by atoms with Crippen LogP contribution in [0.1, 0.15) is 5.69 Å². The summed E-state index contributed by atoms with van der Waals surface area (Å²) >= 11 is 6.30. The van der Waals surface area contributed by atoms with Crippen molar-refractivity contribution in [3.05, 3.63) is 69.7 Å². The van der Waals surface area contributed by atoms with Gasteiger partial charge in [0.1, 0.15) is 11.0 Å². The van der Waals surface area contributed by atoms with Crippen LogP contribution in [0.5, 0.6) is 0 Å². The van der Waals surface area contributed by atoms with E-state index in [-0.39, 0.29) is 5.63 Å². The molecular weight excluding hydrogens is 300 g/mol. The first-order valence-corrected chi connectivity index (χ1v) is 7.20. The third kappa shape index (κ3) is 1.77. The summed E-state index contributed by atoms with van der Waals surface area (Å²) in [5.74, 6) is 0. The van der Waals surface area contributed by atoms with Gasteiger partial charge in [-0.1, -0.05) is 35.9 Å². The summed E-state index contributed by atoms with van der Waals surface area (Å²) in [5, 5.41) is 6.39. The van der Waals surface area contributed by atoms with Gasteiger partial charge in [-0.05, 0) is 31.2 Å². The quantitative estimate of drug-likeness (QED) is 0.497. The number of aromatic nitrogens is 2. The van der Waals surface area contributed by atoms with Crippen LogP contribution in [0.25, 0.3) is 27.6 Å². The molecule has 5 heteroatoms. The Morgan fingerprint density at radius 3 is 2.64 bits per heavy atom. The van der Waals surface area contributed by atoms with Crippen molar-refractivity contribution < 1.29 is 4.42 Å². The molecule has 0 amide bonds. The maximum atomic E-state index is 12.3. The number of rotatable bonds is 1. The Balaban J connectivity index is 2.26. The van der Waals surface area contributed by atoms with E-state index in [0.29, 0.717) is 21.7 Å². The molecule has 2 aromatic heterocycles. The van der Waals surface area contributed by atoms with Crippen LogP contribution in [0, 0.1) is 6.92 Å². The lowest BCUT2D eigenvalue weighted by Crippen LogP contribution is -2.02. The van der Waals surface area contributed by atoms with Gasteiger partial charge < -0.3 is 4.42 Å². The van der Waals surface area contributed by atoms with E-state index < -0.39 is 0 Å². The normalized spacial score (nSPS) is 11.4. The molecule has 0 unspecified atom stereocenters. The first-order valence-electron chi connectivity index (χ1n) is 6.83. The summed E-state index contributed by atoms with van der Waals surface area (Å²) < 4.78 is 7.11. The number of hydrogen-bond donors (Lipinski definition) is 0. The Morgan fingerprint density at radius 2 is 1.82 bits per heavy atom. The molecule has 0 N–H and O–H groups in total. The Morgan fingerprint density at radius 1 is 1.09 bits per heavy atom. The number of para-hydroxylation sites is 2. The Bertz CT molecular complexity index is 1080. The highest BCUT2D eigenvalue weighted by Gasteiger charge is 2.18. The van der Waals surface area contributed by atoms with Crippen LogP contribution in [-0.2, 0) is 0 Å². The Kier molecular flexibility index (Phi) is 2.81. The lowest BCUT2D eigenvalue weighted by Gasteiger charge is -2.07. The van der Waals surface area contributed by atoms with Crippen molar-refractivity contribution in [3.63, 3.8) is 0 Å². The first-order chi connectivity index (χ1) is 10.7. The summed E-state index contributed by atoms with van der Waals surface area (Å²) in [5.41, 5.74) is 2.22. The van der Waals surface area contributed by atoms with Gasteiger partial charge in [-0.2, -0.15) is 5.10 Å². The molecule has 0 aliphatic rings. The monoisotopic (exact) mass is 310 g/mol. The van der Waals surface area contributed by atoms with Crippen LogP contribution in [0.2, 0.25) is 5.02 Å². The molecule has 0 spiro atoms. The summed E-state index contributed by atoms with van der Waals surface area (Å²) in [6.07, 6.45) is 0. The average molecular weight is 311 g/mol. The molecule has 108 valence electrons. The molecule has 4 aromatic rings. The molecule has 0 bridgehead atoms. The molecule has 0 aliphatic carbocycles. The fraction of sp³-hybridized carbons (Fsp3) is 0.0588. The number of fused-ring (bicyclic) bond motifs is 3. The first kappa shape index (κ1) is 13.1. The Labute approximate surface area is 130 Å². The van der Waals surface area contributed by atoms with E-state index in [1.807, 2.05) is 36.4 Å². The zero-order valence-electron chi connectivity index (χ0n) is 11.7. The second-order valence-corrected chi connectivity index (χ2v) is 5.47. The number of nitrogens with zero attached hydrogens (tertiary/aromatic N) is 2. The standard InChI is InChI=1S/C17H11ClN2O2/c1-10-15-16(11-6-2-5-9-14(11)22-17(15)21)20(19-10)13-8-4-3-7-12(13)18/h2-9H,1H3. The molecule has 2 heterocycles. The summed E-state index contributed by atoms with van der Waals surface area (Å²) in [7, 11) is 0. The van der Waals surface area contributed by atoms with Crippen molar-refractivity contribution in [3.8, 4) is 5.69 Å². The van der Waals surface area contributed by atoms with E-state index >= 15 is 0 Å². The van der Waals surface area contributed by atoms with Gasteiger partial charge in [0, 0.05) is 5.39 Å². The second-order valence-electron chi connectivity index (χ2n) is 5.06. The van der Waals surface area contributed by atoms with Crippen LogP contribution in [0.15, 0.2) is 57.7 Å². The van der Waals surface area contributed by atoms with Crippen LogP contribution >= 0.6 is 11.6 Å². The number of aryl methyl sites for hydroxylation is 1. The third-order valence-corrected chi connectivity index (χ3v) is 4.01. The third-order valence-electron chi connectivity index (χ3n) is 3.69. The second kappa shape index (κ2) is 4.71. The number of benzene rings is 2. The van der Waals surface area contributed by atoms with E-state index in [2.05, 4.69) is 5.10 Å². The zero-order valence-corrected chi connectivity index (χ0v) is 12.5. The van der Waals surface area contributed by atoms with Gasteiger partial charge >= 0.3 is 5.63 Å². The van der Waals surface area contributed by atoms with Gasteiger partial charge in [-0.25, -0.2) is 9.48 Å². The fourth-order valence-corrected chi connectivity index (χ4v) is 2.94. The molecule has 0 fully saturated rings. The zero-order chi connectivity index (χ0) is 15.3. The van der Waals surface area contributed by atoms with Gasteiger partial charge in [0.05, 0.1) is 21.9 Å². The molecule has 0 saturated heterocycles. The lowest BCUT2D eigenvalue weighted by atomic mass is 10.1. The van der Waals surface area contributed by atoms with Crippen molar-refractivity contribution in [2.24, 2.45) is 0 Å². The molecule has 4 rings (SSSR count). The molecule has 0 radical (unpaired) electrons. The smallest absolute Gasteiger partial charge is 0.347 e. The highest BCUT2D eigenvalue weighted by Crippen LogP contribution is 2.29. The van der Waals surface area contributed by atoms with Gasteiger partial charge in [-0.3, -0.25) is 0 Å². The van der Waals surface area contributed by atoms with Crippen molar-refractivity contribution >= 4 is 33.5 Å². The van der Waals surface area contributed by atoms with E-state index in [1.54, 1.807) is 23.7 Å². The van der Waals surface area contributed by atoms with Gasteiger partial charge in [0.25, 0.3) is 0 Å². The molecule has 22 heavy (non-hydrogen) atoms. The van der Waals surface area contributed by atoms with E-state index in [0.717, 1.165) is 16.6 Å². The maximum absolute atomic E-state index is 12.3. The van der Waals surface area contributed by atoms with Crippen molar-refractivity contribution in [2.45, 2.75) is 6.92 Å². The van der Waals surface area contributed by atoms with Crippen molar-refractivity contribution in [1.29, 1.82) is 0 Å². The van der Waals surface area contributed by atoms with Crippen molar-refractivity contribution in [2.75, 3.05) is 0 Å². The predicted octanol–water partition coefficient (Wildman–Crippen LogP) is 4.09. The highest BCUT2D eigenvalue weighted by molar-refractivity contribution is 6.32. The van der Waals surface area contributed by atoms with Crippen LogP contribution in [0.4, 0.5) is 0 Å². The molecule has 0 saturated carbocycles. The average Bonchev–Trinajstić information content (AvgIpc) is 2.86. The molecule has 4 nitrogen and oxygen atoms in total. The minimum atomic E-state index is -0.385. The van der Waals surface area contributed by atoms with Crippen molar-refractivity contribution in [1.82, 2.24) is 9.78 Å². The van der Waals surface area contributed by atoms with E-state index in [9.17, 15) is 4.79 Å². The molecule has 2 aromatic carbocycles. The van der Waals surface area contributed by atoms with Gasteiger partial charge in [0.2, 0.25) is 0 Å². The van der Waals surface area contributed by atoms with E-state index in [1.165, 1.54) is 0 Å². The van der Waals surface area contributed by atoms with Crippen LogP contribution in [-0.4, -0.2) is 9.78 Å². The van der Waals surface area contributed by atoms with E-state index in [4.69, 9.17) is 16.0 Å². The minimum absolute atomic E-state index is 0.385. The fourth-order valence-electron chi connectivity index (χ4n) is 2.72. The minimum Gasteiger partial charge on any atom is -0.422 e. The molecule has 0 aliphatic heterocycles. The maximum Gasteiger partial charge on any atom is 0.347 e. The van der Waals surface area contributed by atoms with Gasteiger partial charge in [-0.15, -0.1) is 0 Å². The van der Waals surface area contributed by atoms with Crippen LogP contribution < -0.4 is 5.63 Å². The topological polar surface area (TPSA) is 48.0 Å². The summed E-state index contributed by atoms with van der Waals surface area (Å²) in [6.45, 7) is 1.79. The SMILES string of the molecule is Cc1nn(-c2ccccc2Cl)c2c1c(=O)oc1ccccc12. The lowest BCUT2D eigenvalue weighted by molar-refractivity contribution is 0.569. The summed E-state index contributed by atoms with van der Waals surface area (Å²) in [4.78, 5) is 12.3. The number of halogens is 1. The van der Waals surface area contributed by atoms with Gasteiger partial charge in [0.15, 0.2) is 0 Å². The number of hydrogen-bond acceptors (Lipinski definition) is 3. The molecule has 0 atom stereocenters. The highest BCUT2D eigenvalue weighted by atomic mass is 35.5. The molecular formula is C17H11ClN2O2. The van der Waals surface area contributed by atoms with Crippen LogP contribution in [0.3, 0.4) is 0 Å². The predicted molar refractivity (Wildman–Crippen MR) is 86.9 cm³/mol. The largest absolute Gasteiger partial charge is 0.422 e.